The van der Waals surface area contributed by atoms with Gasteiger partial charge in [-0.1, -0.05) is 5.16 Å². The fourth-order valence-corrected chi connectivity index (χ4v) is 3.52. The highest BCUT2D eigenvalue weighted by atomic mass is 16.6. The van der Waals surface area contributed by atoms with Crippen molar-refractivity contribution in [1.29, 1.82) is 0 Å². The Balaban J connectivity index is 1.60. The molecular weight excluding hydrogens is 286 g/mol. The van der Waals surface area contributed by atoms with Crippen LogP contribution in [0.5, 0.6) is 0 Å². The van der Waals surface area contributed by atoms with Crippen molar-refractivity contribution in [2.45, 2.75) is 37.7 Å². The molecular formula is C15H15N3O4. The van der Waals surface area contributed by atoms with Gasteiger partial charge in [-0.15, -0.1) is 0 Å². The fraction of sp³-hybridized carbons (Fsp3) is 0.467. The maximum atomic E-state index is 12.6. The molecule has 22 heavy (non-hydrogen) atoms. The molecule has 2 aromatic heterocycles. The van der Waals surface area contributed by atoms with Crippen molar-refractivity contribution in [3.8, 4) is 0 Å². The van der Waals surface area contributed by atoms with Gasteiger partial charge in [0.05, 0.1) is 17.7 Å². The van der Waals surface area contributed by atoms with Crippen molar-refractivity contribution >= 4 is 28.8 Å². The van der Waals surface area contributed by atoms with Crippen molar-refractivity contribution in [2.75, 3.05) is 5.32 Å². The first kappa shape index (κ1) is 13.2. The van der Waals surface area contributed by atoms with Crippen molar-refractivity contribution in [3.05, 3.63) is 18.3 Å². The van der Waals surface area contributed by atoms with Crippen LogP contribution in [0.15, 0.2) is 22.9 Å². The number of nitrogens with zero attached hydrogens (tertiary/aromatic N) is 2. The molecule has 0 bridgehead atoms. The van der Waals surface area contributed by atoms with E-state index in [9.17, 15) is 9.59 Å². The maximum Gasteiger partial charge on any atom is 0.307 e. The number of rotatable bonds is 2. The standard InChI is InChI=1S/C15H15N3O4/c19-11-8-10(15(21-11)5-1-2-6-15)13(20)17-12-9-4-3-7-16-14(9)22-18-12/h3-4,7,10H,1-2,5-6,8H2,(H,17,18,20). The van der Waals surface area contributed by atoms with Crippen LogP contribution in [0.25, 0.3) is 11.1 Å². The molecule has 1 aliphatic carbocycles. The van der Waals surface area contributed by atoms with Crippen LogP contribution in [0.2, 0.25) is 0 Å². The van der Waals surface area contributed by atoms with Crippen LogP contribution in [-0.2, 0) is 14.3 Å². The van der Waals surface area contributed by atoms with E-state index in [4.69, 9.17) is 9.26 Å². The lowest BCUT2D eigenvalue weighted by atomic mass is 9.85. The van der Waals surface area contributed by atoms with Crippen LogP contribution >= 0.6 is 0 Å². The van der Waals surface area contributed by atoms with Gasteiger partial charge in [0.1, 0.15) is 5.60 Å². The molecule has 3 heterocycles. The van der Waals surface area contributed by atoms with E-state index in [-0.39, 0.29) is 18.3 Å². The summed E-state index contributed by atoms with van der Waals surface area (Å²) in [4.78, 5) is 28.3. The average Bonchev–Trinajstić information content (AvgIpc) is 3.21. The van der Waals surface area contributed by atoms with Gasteiger partial charge >= 0.3 is 5.97 Å². The third-order valence-corrected chi connectivity index (χ3v) is 4.58. The summed E-state index contributed by atoms with van der Waals surface area (Å²) in [5.74, 6) is -0.674. The molecule has 7 heteroatoms. The highest BCUT2D eigenvalue weighted by Crippen LogP contribution is 2.46. The smallest absolute Gasteiger partial charge is 0.307 e. The Hall–Kier alpha value is -2.44. The molecule has 0 radical (unpaired) electrons. The number of anilines is 1. The first-order valence-corrected chi connectivity index (χ1v) is 7.41. The SMILES string of the molecule is O=C1CC(C(=O)Nc2noc3ncccc23)C2(CCCC2)O1. The Kier molecular flexibility index (Phi) is 2.88. The molecule has 2 aromatic rings. The summed E-state index contributed by atoms with van der Waals surface area (Å²) >= 11 is 0. The first-order valence-electron chi connectivity index (χ1n) is 7.41. The topological polar surface area (TPSA) is 94.3 Å². The second-order valence-corrected chi connectivity index (χ2v) is 5.88. The minimum atomic E-state index is -0.626. The molecule has 114 valence electrons. The largest absolute Gasteiger partial charge is 0.458 e. The molecule has 2 aliphatic rings. The predicted octanol–water partition coefficient (Wildman–Crippen LogP) is 2.04. The lowest BCUT2D eigenvalue weighted by Gasteiger charge is -2.27. The normalized spacial score (nSPS) is 23.1. The van der Waals surface area contributed by atoms with Crippen LogP contribution < -0.4 is 5.32 Å². The fourth-order valence-electron chi connectivity index (χ4n) is 3.52. The zero-order chi connectivity index (χ0) is 15.2. The van der Waals surface area contributed by atoms with E-state index in [1.165, 1.54) is 0 Å². The van der Waals surface area contributed by atoms with Gasteiger partial charge in [0.2, 0.25) is 5.91 Å². The monoisotopic (exact) mass is 301 g/mol. The number of aromatic nitrogens is 2. The summed E-state index contributed by atoms with van der Waals surface area (Å²) in [6, 6.07) is 3.52. The summed E-state index contributed by atoms with van der Waals surface area (Å²) in [5.41, 5.74) is -0.258. The molecule has 1 unspecified atom stereocenters. The van der Waals surface area contributed by atoms with E-state index in [0.717, 1.165) is 25.7 Å². The molecule has 7 nitrogen and oxygen atoms in total. The number of hydrogen-bond acceptors (Lipinski definition) is 6. The van der Waals surface area contributed by atoms with E-state index < -0.39 is 11.5 Å². The van der Waals surface area contributed by atoms with E-state index in [0.29, 0.717) is 16.9 Å². The van der Waals surface area contributed by atoms with Crippen molar-refractivity contribution in [1.82, 2.24) is 10.1 Å². The summed E-state index contributed by atoms with van der Waals surface area (Å²) < 4.78 is 10.6. The predicted molar refractivity (Wildman–Crippen MR) is 75.8 cm³/mol. The van der Waals surface area contributed by atoms with Gasteiger partial charge in [0, 0.05) is 6.20 Å². The first-order chi connectivity index (χ1) is 10.7. The Morgan fingerprint density at radius 1 is 1.36 bits per heavy atom. The quantitative estimate of drug-likeness (QED) is 0.853. The number of esters is 1. The Labute approximate surface area is 126 Å². The van der Waals surface area contributed by atoms with E-state index in [2.05, 4.69) is 15.5 Å². The molecule has 1 saturated heterocycles. The highest BCUT2D eigenvalue weighted by molar-refractivity contribution is 6.01. The minimum absolute atomic E-state index is 0.125. The summed E-state index contributed by atoms with van der Waals surface area (Å²) in [6.07, 6.45) is 5.17. The third-order valence-electron chi connectivity index (χ3n) is 4.58. The van der Waals surface area contributed by atoms with Crippen molar-refractivity contribution < 1.29 is 18.8 Å². The molecule has 0 aromatic carbocycles. The number of nitrogens with one attached hydrogen (secondary N) is 1. The number of hydrogen-bond donors (Lipinski definition) is 1. The van der Waals surface area contributed by atoms with Crippen molar-refractivity contribution in [2.24, 2.45) is 5.92 Å². The second-order valence-electron chi connectivity index (χ2n) is 5.88. The average molecular weight is 301 g/mol. The number of amides is 1. The van der Waals surface area contributed by atoms with Crippen molar-refractivity contribution in [3.63, 3.8) is 0 Å². The van der Waals surface area contributed by atoms with E-state index in [1.54, 1.807) is 18.3 Å². The minimum Gasteiger partial charge on any atom is -0.458 e. The molecule has 2 fully saturated rings. The number of ether oxygens (including phenoxy) is 1. The van der Waals surface area contributed by atoms with Crippen LogP contribution in [0, 0.1) is 5.92 Å². The molecule has 1 N–H and O–H groups in total. The Bertz CT molecular complexity index is 748. The highest BCUT2D eigenvalue weighted by Gasteiger charge is 2.54. The Morgan fingerprint density at radius 2 is 2.18 bits per heavy atom. The molecule has 1 amide bonds. The van der Waals surface area contributed by atoms with Gasteiger partial charge in [-0.2, -0.15) is 0 Å². The van der Waals surface area contributed by atoms with Crippen LogP contribution in [-0.4, -0.2) is 27.6 Å². The van der Waals surface area contributed by atoms with Crippen LogP contribution in [0.4, 0.5) is 5.82 Å². The number of fused-ring (bicyclic) bond motifs is 1. The zero-order valence-corrected chi connectivity index (χ0v) is 11.9. The number of carbonyl (C=O) groups is 2. The number of pyridine rings is 1. The lowest BCUT2D eigenvalue weighted by molar-refractivity contribution is -0.149. The summed E-state index contributed by atoms with van der Waals surface area (Å²) in [6.45, 7) is 0. The van der Waals surface area contributed by atoms with E-state index >= 15 is 0 Å². The lowest BCUT2D eigenvalue weighted by Crippen LogP contribution is -2.39. The molecule has 1 spiro atoms. The molecule has 1 saturated carbocycles. The molecule has 1 aliphatic heterocycles. The summed E-state index contributed by atoms with van der Waals surface area (Å²) in [7, 11) is 0. The second kappa shape index (κ2) is 4.79. The Morgan fingerprint density at radius 3 is 3.00 bits per heavy atom. The van der Waals surface area contributed by atoms with Gasteiger partial charge in [-0.25, -0.2) is 4.98 Å². The molecule has 1 atom stereocenters. The van der Waals surface area contributed by atoms with Gasteiger partial charge in [-0.3, -0.25) is 9.59 Å². The third kappa shape index (κ3) is 1.96. The van der Waals surface area contributed by atoms with Crippen LogP contribution in [0.1, 0.15) is 32.1 Å². The summed E-state index contributed by atoms with van der Waals surface area (Å²) in [5, 5.41) is 7.25. The zero-order valence-electron chi connectivity index (χ0n) is 11.9. The van der Waals surface area contributed by atoms with Gasteiger partial charge in [0.15, 0.2) is 5.82 Å². The maximum absolute atomic E-state index is 12.6. The van der Waals surface area contributed by atoms with Gasteiger partial charge in [-0.05, 0) is 37.8 Å². The van der Waals surface area contributed by atoms with E-state index in [1.807, 2.05) is 0 Å². The number of carbonyl (C=O) groups excluding carboxylic acids is 2. The van der Waals surface area contributed by atoms with Crippen LogP contribution in [0.3, 0.4) is 0 Å². The molecule has 4 rings (SSSR count). The van der Waals surface area contributed by atoms with Gasteiger partial charge in [0.25, 0.3) is 5.71 Å². The van der Waals surface area contributed by atoms with Gasteiger partial charge < -0.3 is 14.6 Å².